The number of carbonyl (C=O) groups excluding carboxylic acids is 2. The first kappa shape index (κ1) is 24.3. The van der Waals surface area contributed by atoms with Gasteiger partial charge in [0.25, 0.3) is 11.8 Å². The molecule has 1 fully saturated rings. The number of para-hydroxylation sites is 1. The predicted molar refractivity (Wildman–Crippen MR) is 147 cm³/mol. The molecule has 4 aromatic rings. The molecule has 0 saturated carbocycles. The summed E-state index contributed by atoms with van der Waals surface area (Å²) in [5, 5.41) is 3.85. The van der Waals surface area contributed by atoms with E-state index in [2.05, 4.69) is 22.1 Å². The Bertz CT molecular complexity index is 1410. The number of aromatic nitrogens is 1. The number of fused-ring (bicyclic) bond motifs is 1. The lowest BCUT2D eigenvalue weighted by molar-refractivity contribution is 0.0740. The number of piperazine rings is 1. The van der Waals surface area contributed by atoms with E-state index in [9.17, 15) is 9.59 Å². The highest BCUT2D eigenvalue weighted by Gasteiger charge is 2.24. The molecule has 5 rings (SSSR count). The molecule has 7 nitrogen and oxygen atoms in total. The van der Waals surface area contributed by atoms with Crippen LogP contribution < -0.4 is 15.0 Å². The van der Waals surface area contributed by atoms with Gasteiger partial charge < -0.3 is 19.9 Å². The van der Waals surface area contributed by atoms with Gasteiger partial charge in [0.2, 0.25) is 0 Å². The predicted octanol–water partition coefficient (Wildman–Crippen LogP) is 5.02. The van der Waals surface area contributed by atoms with Gasteiger partial charge in [0.15, 0.2) is 0 Å². The van der Waals surface area contributed by atoms with Crippen molar-refractivity contribution in [2.45, 2.75) is 13.3 Å². The van der Waals surface area contributed by atoms with Gasteiger partial charge >= 0.3 is 0 Å². The number of nitrogens with zero attached hydrogens (tertiary/aromatic N) is 3. The van der Waals surface area contributed by atoms with E-state index in [-0.39, 0.29) is 11.8 Å². The van der Waals surface area contributed by atoms with Gasteiger partial charge in [0.05, 0.1) is 12.6 Å². The van der Waals surface area contributed by atoms with Crippen LogP contribution in [-0.2, 0) is 6.42 Å². The molecule has 2 heterocycles. The second-order valence-corrected chi connectivity index (χ2v) is 9.06. The van der Waals surface area contributed by atoms with Crippen LogP contribution in [0, 0.1) is 0 Å². The Kier molecular flexibility index (Phi) is 7.03. The molecule has 37 heavy (non-hydrogen) atoms. The molecule has 1 aliphatic heterocycles. The van der Waals surface area contributed by atoms with Crippen LogP contribution in [0.1, 0.15) is 33.3 Å². The minimum absolute atomic E-state index is 0.0891. The number of benzene rings is 3. The van der Waals surface area contributed by atoms with E-state index in [0.717, 1.165) is 28.7 Å². The van der Waals surface area contributed by atoms with Crippen molar-refractivity contribution in [1.29, 1.82) is 0 Å². The molecular formula is C30H30N4O3. The maximum atomic E-state index is 13.2. The van der Waals surface area contributed by atoms with Gasteiger partial charge in [-0.2, -0.15) is 0 Å². The molecule has 2 amide bonds. The van der Waals surface area contributed by atoms with Crippen molar-refractivity contribution in [3.63, 3.8) is 0 Å². The Morgan fingerprint density at radius 2 is 1.62 bits per heavy atom. The van der Waals surface area contributed by atoms with Gasteiger partial charge in [0, 0.05) is 54.6 Å². The molecular weight excluding hydrogens is 464 g/mol. The number of carbonyl (C=O) groups is 2. The summed E-state index contributed by atoms with van der Waals surface area (Å²) in [5.41, 5.74) is 4.79. The molecule has 1 saturated heterocycles. The van der Waals surface area contributed by atoms with E-state index in [1.165, 1.54) is 5.56 Å². The van der Waals surface area contributed by atoms with Crippen molar-refractivity contribution in [1.82, 2.24) is 9.88 Å². The van der Waals surface area contributed by atoms with Crippen LogP contribution in [0.3, 0.4) is 0 Å². The molecule has 1 N–H and O–H groups in total. The largest absolute Gasteiger partial charge is 0.496 e. The fourth-order valence-corrected chi connectivity index (χ4v) is 4.60. The van der Waals surface area contributed by atoms with Crippen LogP contribution in [0.25, 0.3) is 10.9 Å². The highest BCUT2D eigenvalue weighted by molar-refractivity contribution is 6.04. The summed E-state index contributed by atoms with van der Waals surface area (Å²) in [7, 11) is 1.61. The molecule has 0 aliphatic carbocycles. The average Bonchev–Trinajstić information content (AvgIpc) is 2.96. The molecule has 0 unspecified atom stereocenters. The Hall–Kier alpha value is -4.39. The van der Waals surface area contributed by atoms with Crippen LogP contribution in [0.15, 0.2) is 78.9 Å². The van der Waals surface area contributed by atoms with Crippen molar-refractivity contribution >= 4 is 34.1 Å². The smallest absolute Gasteiger partial charge is 0.272 e. The molecule has 0 spiro atoms. The zero-order chi connectivity index (χ0) is 25.8. The zero-order valence-electron chi connectivity index (χ0n) is 21.1. The number of hydrogen-bond acceptors (Lipinski definition) is 5. The molecule has 1 aliphatic rings. The fourth-order valence-electron chi connectivity index (χ4n) is 4.60. The Morgan fingerprint density at radius 3 is 2.30 bits per heavy atom. The first-order valence-electron chi connectivity index (χ1n) is 12.5. The Labute approximate surface area is 216 Å². The number of hydrogen-bond donors (Lipinski definition) is 1. The van der Waals surface area contributed by atoms with Crippen LogP contribution in [0.4, 0.5) is 11.4 Å². The van der Waals surface area contributed by atoms with E-state index in [4.69, 9.17) is 4.74 Å². The van der Waals surface area contributed by atoms with E-state index < -0.39 is 0 Å². The fraction of sp³-hybridized carbons (Fsp3) is 0.233. The second-order valence-electron chi connectivity index (χ2n) is 9.06. The highest BCUT2D eigenvalue weighted by Crippen LogP contribution is 2.26. The summed E-state index contributed by atoms with van der Waals surface area (Å²) >= 11 is 0. The minimum Gasteiger partial charge on any atom is -0.496 e. The van der Waals surface area contributed by atoms with Crippen LogP contribution >= 0.6 is 0 Å². The summed E-state index contributed by atoms with van der Waals surface area (Å²) in [6.07, 6.45) is 0.945. The van der Waals surface area contributed by atoms with Crippen LogP contribution in [0.2, 0.25) is 0 Å². The molecule has 3 aromatic carbocycles. The van der Waals surface area contributed by atoms with Crippen LogP contribution in [-0.4, -0.2) is 55.0 Å². The SMILES string of the molecule is CCc1ccc(C(=O)Nc2ccc(N3CCN(C(=O)c4cc(OC)c5ccccc5n4)CC3)cc2)cc1. The number of amides is 2. The third-order valence-corrected chi connectivity index (χ3v) is 6.80. The average molecular weight is 495 g/mol. The normalized spacial score (nSPS) is 13.5. The van der Waals surface area contributed by atoms with E-state index in [1.807, 2.05) is 77.7 Å². The number of anilines is 2. The molecule has 0 bridgehead atoms. The van der Waals surface area contributed by atoms with Crippen molar-refractivity contribution in [3.05, 3.63) is 95.7 Å². The third-order valence-electron chi connectivity index (χ3n) is 6.80. The zero-order valence-corrected chi connectivity index (χ0v) is 21.1. The van der Waals surface area contributed by atoms with E-state index in [1.54, 1.807) is 13.2 Å². The minimum atomic E-state index is -0.124. The molecule has 188 valence electrons. The lowest BCUT2D eigenvalue weighted by atomic mass is 10.1. The number of methoxy groups -OCH3 is 1. The monoisotopic (exact) mass is 494 g/mol. The number of aryl methyl sites for hydroxylation is 1. The lowest BCUT2D eigenvalue weighted by Crippen LogP contribution is -2.49. The van der Waals surface area contributed by atoms with Gasteiger partial charge in [0.1, 0.15) is 11.4 Å². The third kappa shape index (κ3) is 5.26. The summed E-state index contributed by atoms with van der Waals surface area (Å²) in [4.78, 5) is 34.4. The Balaban J connectivity index is 1.20. The standard InChI is InChI=1S/C30H30N4O3/c1-3-21-8-10-22(11-9-21)29(35)31-23-12-14-24(15-13-23)33-16-18-34(19-17-33)30(36)27-20-28(37-2)25-6-4-5-7-26(25)32-27/h4-15,20H,3,16-19H2,1-2H3,(H,31,35). The summed E-state index contributed by atoms with van der Waals surface area (Å²) < 4.78 is 5.50. The second kappa shape index (κ2) is 10.7. The van der Waals surface area contributed by atoms with Crippen molar-refractivity contribution in [2.75, 3.05) is 43.5 Å². The number of rotatable bonds is 6. The first-order valence-corrected chi connectivity index (χ1v) is 12.5. The highest BCUT2D eigenvalue weighted by atomic mass is 16.5. The molecule has 0 radical (unpaired) electrons. The number of nitrogens with one attached hydrogen (secondary N) is 1. The summed E-state index contributed by atoms with van der Waals surface area (Å²) in [5.74, 6) is 0.438. The lowest BCUT2D eigenvalue weighted by Gasteiger charge is -2.36. The summed E-state index contributed by atoms with van der Waals surface area (Å²) in [6, 6.07) is 24.9. The Morgan fingerprint density at radius 1 is 0.919 bits per heavy atom. The van der Waals surface area contributed by atoms with E-state index in [0.29, 0.717) is 43.2 Å². The van der Waals surface area contributed by atoms with Crippen LogP contribution in [0.5, 0.6) is 5.75 Å². The quantitative estimate of drug-likeness (QED) is 0.407. The molecule has 7 heteroatoms. The number of pyridine rings is 1. The van der Waals surface area contributed by atoms with Crippen molar-refractivity contribution in [2.24, 2.45) is 0 Å². The number of ether oxygens (including phenoxy) is 1. The summed E-state index contributed by atoms with van der Waals surface area (Å²) in [6.45, 7) is 4.72. The van der Waals surface area contributed by atoms with Gasteiger partial charge in [-0.1, -0.05) is 31.2 Å². The van der Waals surface area contributed by atoms with Gasteiger partial charge in [-0.05, 0) is 60.5 Å². The first-order chi connectivity index (χ1) is 18.1. The maximum absolute atomic E-state index is 13.2. The molecule has 0 atom stereocenters. The van der Waals surface area contributed by atoms with Gasteiger partial charge in [-0.3, -0.25) is 9.59 Å². The van der Waals surface area contributed by atoms with Gasteiger partial charge in [-0.25, -0.2) is 4.98 Å². The van der Waals surface area contributed by atoms with E-state index >= 15 is 0 Å². The topological polar surface area (TPSA) is 74.8 Å². The van der Waals surface area contributed by atoms with Crippen molar-refractivity contribution < 1.29 is 14.3 Å². The van der Waals surface area contributed by atoms with Crippen molar-refractivity contribution in [3.8, 4) is 5.75 Å². The maximum Gasteiger partial charge on any atom is 0.272 e. The molecule has 1 aromatic heterocycles. The van der Waals surface area contributed by atoms with Gasteiger partial charge in [-0.15, -0.1) is 0 Å².